The van der Waals surface area contributed by atoms with Gasteiger partial charge in [-0.15, -0.1) is 11.3 Å². The highest BCUT2D eigenvalue weighted by atomic mass is 79.9. The van der Waals surface area contributed by atoms with Crippen LogP contribution in [0.15, 0.2) is 46.3 Å². The van der Waals surface area contributed by atoms with E-state index in [-0.39, 0.29) is 5.91 Å². The maximum atomic E-state index is 11.6. The van der Waals surface area contributed by atoms with E-state index in [4.69, 9.17) is 0 Å². The lowest BCUT2D eigenvalue weighted by atomic mass is 10.3. The third-order valence-corrected chi connectivity index (χ3v) is 3.96. The van der Waals surface area contributed by atoms with Gasteiger partial charge in [-0.3, -0.25) is 4.79 Å². The van der Waals surface area contributed by atoms with E-state index in [9.17, 15) is 4.79 Å². The molecule has 0 unspecified atom stereocenters. The smallest absolute Gasteiger partial charge is 0.238 e. The van der Waals surface area contributed by atoms with Crippen molar-refractivity contribution in [3.8, 4) is 0 Å². The van der Waals surface area contributed by atoms with Crippen molar-refractivity contribution < 1.29 is 4.79 Å². The van der Waals surface area contributed by atoms with Gasteiger partial charge in [0.2, 0.25) is 5.91 Å². The Balaban J connectivity index is 1.72. The lowest BCUT2D eigenvalue weighted by Gasteiger charge is -2.05. The van der Waals surface area contributed by atoms with E-state index in [0.717, 1.165) is 10.2 Å². The van der Waals surface area contributed by atoms with Crippen molar-refractivity contribution in [3.05, 3.63) is 51.1 Å². The number of anilines is 1. The standard InChI is InChI=1S/C13H13BrN2OS/c14-10-6-12(18-9-10)7-15-8-13(17)16-11-4-2-1-3-5-11/h1-6,9,15H,7-8H2,(H,16,17). The van der Waals surface area contributed by atoms with Crippen LogP contribution in [0.2, 0.25) is 0 Å². The lowest BCUT2D eigenvalue weighted by Crippen LogP contribution is -2.27. The van der Waals surface area contributed by atoms with Gasteiger partial charge in [0, 0.05) is 27.0 Å². The number of nitrogens with one attached hydrogen (secondary N) is 2. The average molecular weight is 325 g/mol. The number of carbonyl (C=O) groups excluding carboxylic acids is 1. The fraction of sp³-hybridized carbons (Fsp3) is 0.154. The summed E-state index contributed by atoms with van der Waals surface area (Å²) in [5, 5.41) is 7.97. The molecule has 0 fully saturated rings. The third-order valence-electron chi connectivity index (χ3n) is 2.26. The lowest BCUT2D eigenvalue weighted by molar-refractivity contribution is -0.115. The Morgan fingerprint density at radius 1 is 1.28 bits per heavy atom. The van der Waals surface area contributed by atoms with Gasteiger partial charge in [-0.25, -0.2) is 0 Å². The minimum atomic E-state index is -0.0307. The molecular weight excluding hydrogens is 312 g/mol. The molecule has 1 heterocycles. The molecule has 2 rings (SSSR count). The number of rotatable bonds is 5. The zero-order valence-electron chi connectivity index (χ0n) is 9.65. The van der Waals surface area contributed by atoms with Crippen molar-refractivity contribution in [2.45, 2.75) is 6.54 Å². The first kappa shape index (κ1) is 13.3. The Morgan fingerprint density at radius 2 is 2.06 bits per heavy atom. The molecule has 0 aliphatic carbocycles. The SMILES string of the molecule is O=C(CNCc1cc(Br)cs1)Nc1ccccc1. The van der Waals surface area contributed by atoms with Crippen LogP contribution in [0.25, 0.3) is 0 Å². The van der Waals surface area contributed by atoms with Crippen molar-refractivity contribution in [3.63, 3.8) is 0 Å². The zero-order valence-corrected chi connectivity index (χ0v) is 12.1. The molecular formula is C13H13BrN2OS. The number of carbonyl (C=O) groups is 1. The highest BCUT2D eigenvalue weighted by molar-refractivity contribution is 9.10. The topological polar surface area (TPSA) is 41.1 Å². The molecule has 18 heavy (non-hydrogen) atoms. The Bertz CT molecular complexity index is 513. The fourth-order valence-corrected chi connectivity index (χ4v) is 2.89. The Morgan fingerprint density at radius 3 is 2.72 bits per heavy atom. The van der Waals surface area contributed by atoms with Crippen LogP contribution >= 0.6 is 27.3 Å². The van der Waals surface area contributed by atoms with E-state index in [2.05, 4.69) is 26.6 Å². The second kappa shape index (κ2) is 6.68. The number of benzene rings is 1. The van der Waals surface area contributed by atoms with Crippen LogP contribution in [0.4, 0.5) is 5.69 Å². The first-order chi connectivity index (χ1) is 8.74. The number of halogens is 1. The number of para-hydroxylation sites is 1. The van der Waals surface area contributed by atoms with Crippen molar-refractivity contribution in [1.29, 1.82) is 0 Å². The van der Waals surface area contributed by atoms with Crippen LogP contribution in [0, 0.1) is 0 Å². The number of hydrogen-bond donors (Lipinski definition) is 2. The van der Waals surface area contributed by atoms with Crippen molar-refractivity contribution >= 4 is 38.9 Å². The summed E-state index contributed by atoms with van der Waals surface area (Å²) in [5.41, 5.74) is 0.822. The van der Waals surface area contributed by atoms with Gasteiger partial charge in [0.15, 0.2) is 0 Å². The monoisotopic (exact) mass is 324 g/mol. The summed E-state index contributed by atoms with van der Waals surface area (Å²) in [6.07, 6.45) is 0. The van der Waals surface area contributed by atoms with Crippen LogP contribution in [0.1, 0.15) is 4.88 Å². The fourth-order valence-electron chi connectivity index (χ4n) is 1.47. The van der Waals surface area contributed by atoms with Crippen LogP contribution in [-0.2, 0) is 11.3 Å². The first-order valence-electron chi connectivity index (χ1n) is 5.52. The average Bonchev–Trinajstić information content (AvgIpc) is 2.76. The molecule has 0 aliphatic rings. The van der Waals surface area contributed by atoms with E-state index in [1.165, 1.54) is 4.88 Å². The summed E-state index contributed by atoms with van der Waals surface area (Å²) in [6.45, 7) is 1.02. The van der Waals surface area contributed by atoms with E-state index >= 15 is 0 Å². The minimum absolute atomic E-state index is 0.0307. The summed E-state index contributed by atoms with van der Waals surface area (Å²) in [4.78, 5) is 12.8. The second-order valence-electron chi connectivity index (χ2n) is 3.75. The summed E-state index contributed by atoms with van der Waals surface area (Å²) >= 11 is 5.06. The van der Waals surface area contributed by atoms with E-state index in [1.54, 1.807) is 11.3 Å². The predicted octanol–water partition coefficient (Wildman–Crippen LogP) is 3.24. The molecule has 0 bridgehead atoms. The van der Waals surface area contributed by atoms with E-state index in [0.29, 0.717) is 13.1 Å². The molecule has 0 saturated carbocycles. The largest absolute Gasteiger partial charge is 0.325 e. The quantitative estimate of drug-likeness (QED) is 0.886. The van der Waals surface area contributed by atoms with Crippen molar-refractivity contribution in [2.24, 2.45) is 0 Å². The van der Waals surface area contributed by atoms with Gasteiger partial charge in [0.25, 0.3) is 0 Å². The maximum Gasteiger partial charge on any atom is 0.238 e. The number of thiophene rings is 1. The number of amides is 1. The summed E-state index contributed by atoms with van der Waals surface area (Å²) in [5.74, 6) is -0.0307. The molecule has 5 heteroatoms. The molecule has 3 nitrogen and oxygen atoms in total. The molecule has 1 amide bonds. The molecule has 0 saturated heterocycles. The van der Waals surface area contributed by atoms with Crippen LogP contribution in [0.5, 0.6) is 0 Å². The Kier molecular flexibility index (Phi) is 4.92. The highest BCUT2D eigenvalue weighted by Crippen LogP contribution is 2.19. The van der Waals surface area contributed by atoms with Gasteiger partial charge in [-0.1, -0.05) is 18.2 Å². The Labute approximate surface area is 118 Å². The molecule has 94 valence electrons. The Hall–Kier alpha value is -1.17. The maximum absolute atomic E-state index is 11.6. The molecule has 2 aromatic rings. The van der Waals surface area contributed by atoms with Gasteiger partial charge in [-0.2, -0.15) is 0 Å². The van der Waals surface area contributed by atoms with E-state index < -0.39 is 0 Å². The van der Waals surface area contributed by atoms with Crippen LogP contribution in [0.3, 0.4) is 0 Å². The van der Waals surface area contributed by atoms with Gasteiger partial charge >= 0.3 is 0 Å². The summed E-state index contributed by atoms with van der Waals surface area (Å²) < 4.78 is 1.08. The molecule has 0 atom stereocenters. The molecule has 0 spiro atoms. The van der Waals surface area contributed by atoms with Crippen LogP contribution < -0.4 is 10.6 Å². The molecule has 0 aliphatic heterocycles. The third kappa shape index (κ3) is 4.25. The molecule has 0 radical (unpaired) electrons. The summed E-state index contributed by atoms with van der Waals surface area (Å²) in [7, 11) is 0. The normalized spacial score (nSPS) is 10.3. The molecule has 2 N–H and O–H groups in total. The van der Waals surface area contributed by atoms with Crippen molar-refractivity contribution in [2.75, 3.05) is 11.9 Å². The second-order valence-corrected chi connectivity index (χ2v) is 5.66. The van der Waals surface area contributed by atoms with Crippen molar-refractivity contribution in [1.82, 2.24) is 5.32 Å². The molecule has 1 aromatic heterocycles. The zero-order chi connectivity index (χ0) is 12.8. The van der Waals surface area contributed by atoms with E-state index in [1.807, 2.05) is 41.8 Å². The van der Waals surface area contributed by atoms with Gasteiger partial charge in [-0.05, 0) is 34.1 Å². The van der Waals surface area contributed by atoms with Gasteiger partial charge < -0.3 is 10.6 Å². The molecule has 1 aromatic carbocycles. The minimum Gasteiger partial charge on any atom is -0.325 e. The number of hydrogen-bond acceptors (Lipinski definition) is 3. The first-order valence-corrected chi connectivity index (χ1v) is 7.20. The van der Waals surface area contributed by atoms with Gasteiger partial charge in [0.1, 0.15) is 0 Å². The summed E-state index contributed by atoms with van der Waals surface area (Å²) in [6, 6.07) is 11.5. The predicted molar refractivity (Wildman–Crippen MR) is 78.8 cm³/mol. The van der Waals surface area contributed by atoms with Gasteiger partial charge in [0.05, 0.1) is 6.54 Å². The highest BCUT2D eigenvalue weighted by Gasteiger charge is 2.02. The van der Waals surface area contributed by atoms with Crippen LogP contribution in [-0.4, -0.2) is 12.5 Å².